The third-order valence-corrected chi connectivity index (χ3v) is 2.54. The van der Waals surface area contributed by atoms with Crippen LogP contribution in [-0.2, 0) is 48.1 Å². The number of methoxy groups -OCH3 is 2. The van der Waals surface area contributed by atoms with Crippen molar-refractivity contribution < 1.29 is 58.4 Å². The minimum atomic E-state index is -1.56. The second-order valence-corrected chi connectivity index (χ2v) is 4.11. The average Bonchev–Trinajstić information content (AvgIpc) is 2.90. The number of cyclic esters (lactones) is 1. The molecule has 1 aliphatic heterocycles. The van der Waals surface area contributed by atoms with Crippen molar-refractivity contribution in [3.05, 3.63) is 11.5 Å². The Labute approximate surface area is 135 Å². The van der Waals surface area contributed by atoms with E-state index in [9.17, 15) is 19.5 Å². The quantitative estimate of drug-likeness (QED) is 0.188. The Morgan fingerprint density at radius 3 is 2.17 bits per heavy atom. The molecule has 0 aromatic heterocycles. The van der Waals surface area contributed by atoms with E-state index in [0.717, 1.165) is 14.2 Å². The maximum absolute atomic E-state index is 11.7. The zero-order valence-corrected chi connectivity index (χ0v) is 12.8. The molecule has 136 valence electrons. The highest BCUT2D eigenvalue weighted by Gasteiger charge is 2.44. The molecule has 1 rings (SSSR count). The first kappa shape index (κ1) is 19.6. The number of esters is 3. The van der Waals surface area contributed by atoms with E-state index in [4.69, 9.17) is 14.7 Å². The topological polar surface area (TPSA) is 156 Å². The fourth-order valence-corrected chi connectivity index (χ4v) is 1.36. The Morgan fingerprint density at radius 2 is 1.67 bits per heavy atom. The molecule has 0 aromatic rings. The van der Waals surface area contributed by atoms with Gasteiger partial charge in [-0.25, -0.2) is 14.4 Å². The van der Waals surface area contributed by atoms with Gasteiger partial charge in [0.15, 0.2) is 19.3 Å². The first-order valence-corrected chi connectivity index (χ1v) is 6.41. The summed E-state index contributed by atoms with van der Waals surface area (Å²) in [5, 5.41) is 18.6. The van der Waals surface area contributed by atoms with Crippen LogP contribution in [-0.4, -0.2) is 74.4 Å². The lowest BCUT2D eigenvalue weighted by Gasteiger charge is -2.16. The van der Waals surface area contributed by atoms with Gasteiger partial charge in [0.1, 0.15) is 6.10 Å². The Balaban J connectivity index is 2.80. The van der Waals surface area contributed by atoms with Crippen LogP contribution in [0.1, 0.15) is 0 Å². The van der Waals surface area contributed by atoms with Crippen LogP contribution in [0.25, 0.3) is 0 Å². The molecule has 0 saturated heterocycles. The Morgan fingerprint density at radius 1 is 1.12 bits per heavy atom. The van der Waals surface area contributed by atoms with Gasteiger partial charge in [0.25, 0.3) is 5.76 Å². The highest BCUT2D eigenvalue weighted by molar-refractivity contribution is 5.89. The van der Waals surface area contributed by atoms with Crippen LogP contribution >= 0.6 is 0 Å². The maximum atomic E-state index is 11.7. The van der Waals surface area contributed by atoms with Gasteiger partial charge in [-0.15, -0.1) is 0 Å². The molecule has 1 aliphatic rings. The summed E-state index contributed by atoms with van der Waals surface area (Å²) in [4.78, 5) is 51.9. The van der Waals surface area contributed by atoms with Crippen molar-refractivity contribution >= 4 is 17.9 Å². The maximum Gasteiger partial charge on any atom is 0.382 e. The van der Waals surface area contributed by atoms with E-state index < -0.39 is 61.5 Å². The number of aliphatic hydroxyl groups is 2. The zero-order valence-electron chi connectivity index (χ0n) is 12.8. The average molecular weight is 352 g/mol. The van der Waals surface area contributed by atoms with E-state index in [1.807, 2.05) is 0 Å². The van der Waals surface area contributed by atoms with Gasteiger partial charge in [-0.3, -0.25) is 0 Å². The fraction of sp³-hybridized carbons (Fsp3) is 0.583. The zero-order chi connectivity index (χ0) is 18.1. The lowest BCUT2D eigenvalue weighted by molar-refractivity contribution is -0.287. The predicted molar refractivity (Wildman–Crippen MR) is 68.1 cm³/mol. The standard InChI is InChI=1S/C12H16O12/c1-18-7(15)4-20-23-10-9(6(14)3-13)22-12(17)11(10)24-21-5-8(16)19-2/h6,9,13-14H,3-5H2,1-2H3/t6-,9+/m0/s1. The number of aliphatic hydroxyl groups excluding tert-OH is 2. The van der Waals surface area contributed by atoms with E-state index in [0.29, 0.717) is 0 Å². The molecule has 0 aromatic carbocycles. The highest BCUT2D eigenvalue weighted by atomic mass is 17.2. The van der Waals surface area contributed by atoms with Crippen LogP contribution in [0.4, 0.5) is 0 Å². The number of ether oxygens (including phenoxy) is 3. The monoisotopic (exact) mass is 352 g/mol. The Kier molecular flexibility index (Phi) is 7.91. The minimum absolute atomic E-state index is 0.504. The van der Waals surface area contributed by atoms with Crippen LogP contribution in [0.2, 0.25) is 0 Å². The van der Waals surface area contributed by atoms with Crippen molar-refractivity contribution in [1.29, 1.82) is 0 Å². The molecule has 2 N–H and O–H groups in total. The molecule has 0 spiro atoms. The first-order valence-electron chi connectivity index (χ1n) is 6.41. The molecule has 0 saturated carbocycles. The summed E-state index contributed by atoms with van der Waals surface area (Å²) in [5.74, 6) is -3.88. The summed E-state index contributed by atoms with van der Waals surface area (Å²) in [6.07, 6.45) is -3.04. The van der Waals surface area contributed by atoms with Crippen LogP contribution in [0.5, 0.6) is 0 Å². The molecule has 0 fully saturated rings. The van der Waals surface area contributed by atoms with E-state index in [-0.39, 0.29) is 0 Å². The molecule has 2 atom stereocenters. The van der Waals surface area contributed by atoms with E-state index in [1.165, 1.54) is 0 Å². The number of rotatable bonds is 10. The predicted octanol–water partition coefficient (Wildman–Crippen LogP) is -2.28. The molecule has 0 bridgehead atoms. The van der Waals surface area contributed by atoms with Gasteiger partial charge in [-0.2, -0.15) is 9.78 Å². The van der Waals surface area contributed by atoms with Gasteiger partial charge in [0.05, 0.1) is 20.8 Å². The third kappa shape index (κ3) is 5.34. The van der Waals surface area contributed by atoms with Gasteiger partial charge in [-0.1, -0.05) is 0 Å². The van der Waals surface area contributed by atoms with Crippen molar-refractivity contribution in [2.45, 2.75) is 12.2 Å². The molecule has 24 heavy (non-hydrogen) atoms. The Bertz CT molecular complexity index is 498. The molecule has 0 unspecified atom stereocenters. The third-order valence-electron chi connectivity index (χ3n) is 2.54. The van der Waals surface area contributed by atoms with Crippen LogP contribution in [0.15, 0.2) is 11.5 Å². The summed E-state index contributed by atoms with van der Waals surface area (Å²) >= 11 is 0. The second kappa shape index (κ2) is 9.67. The van der Waals surface area contributed by atoms with Crippen LogP contribution in [0.3, 0.4) is 0 Å². The van der Waals surface area contributed by atoms with E-state index in [1.54, 1.807) is 0 Å². The SMILES string of the molecule is COC(=O)COOC1=C(OOCC(=O)OC)[C@@H]([C@@H](O)CO)OC1=O. The molecule has 12 heteroatoms. The molecule has 0 aliphatic carbocycles. The minimum Gasteiger partial charge on any atom is -0.467 e. The van der Waals surface area contributed by atoms with Crippen molar-refractivity contribution in [2.75, 3.05) is 34.0 Å². The second-order valence-electron chi connectivity index (χ2n) is 4.11. The number of hydrogen-bond acceptors (Lipinski definition) is 12. The smallest absolute Gasteiger partial charge is 0.382 e. The summed E-state index contributed by atoms with van der Waals surface area (Å²) in [6.45, 7) is -2.08. The van der Waals surface area contributed by atoms with Gasteiger partial charge in [0.2, 0.25) is 5.76 Å². The molecular weight excluding hydrogens is 336 g/mol. The molecule has 12 nitrogen and oxygen atoms in total. The van der Waals surface area contributed by atoms with Crippen LogP contribution < -0.4 is 0 Å². The van der Waals surface area contributed by atoms with Crippen molar-refractivity contribution in [3.63, 3.8) is 0 Å². The molecule has 1 heterocycles. The highest BCUT2D eigenvalue weighted by Crippen LogP contribution is 2.27. The summed E-state index contributed by atoms with van der Waals surface area (Å²) in [6, 6.07) is 0. The molecule has 0 amide bonds. The molecular formula is C12H16O12. The van der Waals surface area contributed by atoms with Crippen LogP contribution in [0, 0.1) is 0 Å². The number of carbonyl (C=O) groups is 3. The normalized spacial score (nSPS) is 18.0. The first-order chi connectivity index (χ1) is 11.4. The summed E-state index contributed by atoms with van der Waals surface area (Å²) in [5.41, 5.74) is 0. The summed E-state index contributed by atoms with van der Waals surface area (Å²) in [7, 11) is 2.22. The summed E-state index contributed by atoms with van der Waals surface area (Å²) < 4.78 is 13.3. The number of carbonyl (C=O) groups excluding carboxylic acids is 3. The van der Waals surface area contributed by atoms with Crippen molar-refractivity contribution in [3.8, 4) is 0 Å². The van der Waals surface area contributed by atoms with Gasteiger partial charge in [-0.05, 0) is 0 Å². The molecule has 0 radical (unpaired) electrons. The van der Waals surface area contributed by atoms with Crippen molar-refractivity contribution in [2.24, 2.45) is 0 Å². The van der Waals surface area contributed by atoms with E-state index in [2.05, 4.69) is 24.1 Å². The Hall–Kier alpha value is -2.41. The van der Waals surface area contributed by atoms with Gasteiger partial charge in [0, 0.05) is 0 Å². The van der Waals surface area contributed by atoms with Gasteiger partial charge < -0.3 is 34.2 Å². The van der Waals surface area contributed by atoms with Gasteiger partial charge >= 0.3 is 17.9 Å². The lowest BCUT2D eigenvalue weighted by atomic mass is 10.2. The fourth-order valence-electron chi connectivity index (χ4n) is 1.36. The lowest BCUT2D eigenvalue weighted by Crippen LogP contribution is -2.32. The largest absolute Gasteiger partial charge is 0.467 e. The van der Waals surface area contributed by atoms with Crippen molar-refractivity contribution in [1.82, 2.24) is 0 Å². The number of hydrogen-bond donors (Lipinski definition) is 2. The van der Waals surface area contributed by atoms with E-state index >= 15 is 0 Å².